The van der Waals surface area contributed by atoms with E-state index in [2.05, 4.69) is 36.0 Å². The number of benzene rings is 2. The third kappa shape index (κ3) is 4.06. The molecule has 21 heavy (non-hydrogen) atoms. The van der Waals surface area contributed by atoms with Crippen LogP contribution in [0.2, 0.25) is 0 Å². The summed E-state index contributed by atoms with van der Waals surface area (Å²) < 4.78 is 0. The minimum atomic E-state index is 0.386. The fourth-order valence-corrected chi connectivity index (χ4v) is 2.52. The zero-order valence-electron chi connectivity index (χ0n) is 13.3. The van der Waals surface area contributed by atoms with Crippen molar-refractivity contribution >= 4 is 0 Å². The monoisotopic (exact) mass is 284 g/mol. The van der Waals surface area contributed by atoms with Crippen molar-refractivity contribution < 1.29 is 5.11 Å². The van der Waals surface area contributed by atoms with Crippen LogP contribution < -0.4 is 0 Å². The highest BCUT2D eigenvalue weighted by atomic mass is 16.3. The molecule has 0 aliphatic rings. The molecular formula is C18H24N2O. The van der Waals surface area contributed by atoms with Crippen LogP contribution in [-0.4, -0.2) is 43.1 Å². The Morgan fingerprint density at radius 2 is 1.48 bits per heavy atom. The molecule has 0 aliphatic heterocycles. The lowest BCUT2D eigenvalue weighted by Crippen LogP contribution is -2.13. The zero-order valence-corrected chi connectivity index (χ0v) is 13.3. The molecule has 0 aliphatic carbocycles. The molecule has 2 aromatic rings. The molecule has 0 fully saturated rings. The van der Waals surface area contributed by atoms with Gasteiger partial charge in [0.1, 0.15) is 5.75 Å². The molecule has 0 atom stereocenters. The minimum Gasteiger partial charge on any atom is -0.507 e. The summed E-state index contributed by atoms with van der Waals surface area (Å²) in [5.74, 6) is 0.386. The van der Waals surface area contributed by atoms with E-state index in [1.807, 2.05) is 44.4 Å². The van der Waals surface area contributed by atoms with Crippen LogP contribution in [0, 0.1) is 0 Å². The average Bonchev–Trinajstić information content (AvgIpc) is 2.42. The first-order valence-electron chi connectivity index (χ1n) is 7.17. The molecule has 0 amide bonds. The predicted octanol–water partition coefficient (Wildman–Crippen LogP) is 3.18. The van der Waals surface area contributed by atoms with Crippen molar-refractivity contribution in [3.05, 3.63) is 53.6 Å². The van der Waals surface area contributed by atoms with Crippen LogP contribution in [0.3, 0.4) is 0 Å². The number of hydrogen-bond acceptors (Lipinski definition) is 3. The van der Waals surface area contributed by atoms with Gasteiger partial charge in [0, 0.05) is 24.2 Å². The number of phenols is 1. The highest BCUT2D eigenvalue weighted by molar-refractivity contribution is 5.72. The fourth-order valence-electron chi connectivity index (χ4n) is 2.52. The molecule has 0 saturated carbocycles. The molecule has 2 aromatic carbocycles. The summed E-state index contributed by atoms with van der Waals surface area (Å²) in [7, 11) is 8.14. The molecule has 0 unspecified atom stereocenters. The summed E-state index contributed by atoms with van der Waals surface area (Å²) >= 11 is 0. The summed E-state index contributed by atoms with van der Waals surface area (Å²) in [6.45, 7) is 1.59. The van der Waals surface area contributed by atoms with E-state index >= 15 is 0 Å². The first kappa shape index (κ1) is 15.5. The normalized spacial score (nSPS) is 11.3. The van der Waals surface area contributed by atoms with Crippen molar-refractivity contribution in [3.63, 3.8) is 0 Å². The van der Waals surface area contributed by atoms with E-state index in [0.717, 1.165) is 29.8 Å². The van der Waals surface area contributed by atoms with E-state index in [4.69, 9.17) is 0 Å². The van der Waals surface area contributed by atoms with E-state index in [9.17, 15) is 5.11 Å². The van der Waals surface area contributed by atoms with Gasteiger partial charge in [0.2, 0.25) is 0 Å². The highest BCUT2D eigenvalue weighted by Crippen LogP contribution is 2.34. The highest BCUT2D eigenvalue weighted by Gasteiger charge is 2.12. The Hall–Kier alpha value is -1.84. The van der Waals surface area contributed by atoms with Crippen LogP contribution in [0.5, 0.6) is 5.75 Å². The third-order valence-corrected chi connectivity index (χ3v) is 3.32. The summed E-state index contributed by atoms with van der Waals surface area (Å²) in [5, 5.41) is 10.6. The summed E-state index contributed by atoms with van der Waals surface area (Å²) in [4.78, 5) is 4.21. The average molecular weight is 284 g/mol. The van der Waals surface area contributed by atoms with Gasteiger partial charge < -0.3 is 14.9 Å². The molecule has 0 heterocycles. The Kier molecular flexibility index (Phi) is 4.99. The molecule has 0 saturated heterocycles. The van der Waals surface area contributed by atoms with Crippen molar-refractivity contribution in [2.45, 2.75) is 13.1 Å². The summed E-state index contributed by atoms with van der Waals surface area (Å²) in [6.07, 6.45) is 0. The predicted molar refractivity (Wildman–Crippen MR) is 88.3 cm³/mol. The lowest BCUT2D eigenvalue weighted by atomic mass is 9.97. The topological polar surface area (TPSA) is 26.7 Å². The van der Waals surface area contributed by atoms with Crippen molar-refractivity contribution in [2.75, 3.05) is 28.2 Å². The van der Waals surface area contributed by atoms with E-state index in [0.29, 0.717) is 5.75 Å². The van der Waals surface area contributed by atoms with Gasteiger partial charge in [-0.2, -0.15) is 0 Å². The summed E-state index contributed by atoms with van der Waals surface area (Å²) in [6, 6.07) is 14.2. The van der Waals surface area contributed by atoms with Gasteiger partial charge in [-0.05, 0) is 51.5 Å². The van der Waals surface area contributed by atoms with Crippen LogP contribution >= 0.6 is 0 Å². The molecule has 112 valence electrons. The molecule has 0 radical (unpaired) electrons. The van der Waals surface area contributed by atoms with Gasteiger partial charge in [0.15, 0.2) is 0 Å². The number of aromatic hydroxyl groups is 1. The zero-order chi connectivity index (χ0) is 15.4. The van der Waals surface area contributed by atoms with Gasteiger partial charge in [-0.15, -0.1) is 0 Å². The molecule has 3 heteroatoms. The Morgan fingerprint density at radius 1 is 0.857 bits per heavy atom. The number of phenolic OH excluding ortho intramolecular Hbond substituents is 1. The van der Waals surface area contributed by atoms with Crippen LogP contribution in [0.25, 0.3) is 11.1 Å². The first-order valence-corrected chi connectivity index (χ1v) is 7.17. The largest absolute Gasteiger partial charge is 0.507 e. The third-order valence-electron chi connectivity index (χ3n) is 3.32. The summed E-state index contributed by atoms with van der Waals surface area (Å²) in [5.41, 5.74) is 4.15. The van der Waals surface area contributed by atoms with Crippen LogP contribution in [0.1, 0.15) is 11.1 Å². The standard InChI is InChI=1S/C18H24N2O/c1-19(2)12-14-10-16(13-20(3)4)18(21)17(11-14)15-8-6-5-7-9-15/h5-11,21H,12-13H2,1-4H3. The van der Waals surface area contributed by atoms with Crippen LogP contribution in [0.15, 0.2) is 42.5 Å². The Morgan fingerprint density at radius 3 is 2.05 bits per heavy atom. The lowest BCUT2D eigenvalue weighted by molar-refractivity contribution is 0.382. The van der Waals surface area contributed by atoms with Gasteiger partial charge >= 0.3 is 0 Å². The lowest BCUT2D eigenvalue weighted by Gasteiger charge is -2.18. The molecule has 0 spiro atoms. The maximum Gasteiger partial charge on any atom is 0.127 e. The second-order valence-electron chi connectivity index (χ2n) is 5.99. The van der Waals surface area contributed by atoms with E-state index in [1.54, 1.807) is 0 Å². The quantitative estimate of drug-likeness (QED) is 0.913. The smallest absolute Gasteiger partial charge is 0.127 e. The Balaban J connectivity index is 2.51. The molecule has 1 N–H and O–H groups in total. The maximum atomic E-state index is 10.6. The molecular weight excluding hydrogens is 260 g/mol. The van der Waals surface area contributed by atoms with E-state index in [1.165, 1.54) is 5.56 Å². The van der Waals surface area contributed by atoms with Crippen molar-refractivity contribution in [1.29, 1.82) is 0 Å². The minimum absolute atomic E-state index is 0.386. The van der Waals surface area contributed by atoms with E-state index < -0.39 is 0 Å². The van der Waals surface area contributed by atoms with Gasteiger partial charge in [0.05, 0.1) is 0 Å². The van der Waals surface area contributed by atoms with Gasteiger partial charge in [-0.3, -0.25) is 0 Å². The molecule has 0 bridgehead atoms. The van der Waals surface area contributed by atoms with E-state index in [-0.39, 0.29) is 0 Å². The Bertz CT molecular complexity index is 592. The first-order chi connectivity index (χ1) is 9.97. The van der Waals surface area contributed by atoms with Crippen molar-refractivity contribution in [3.8, 4) is 16.9 Å². The van der Waals surface area contributed by atoms with Gasteiger partial charge in [-0.1, -0.05) is 30.3 Å². The van der Waals surface area contributed by atoms with Crippen LogP contribution in [0.4, 0.5) is 0 Å². The van der Waals surface area contributed by atoms with Crippen molar-refractivity contribution in [2.24, 2.45) is 0 Å². The Labute approximate surface area is 127 Å². The van der Waals surface area contributed by atoms with Crippen LogP contribution in [-0.2, 0) is 13.1 Å². The number of nitrogens with zero attached hydrogens (tertiary/aromatic N) is 2. The SMILES string of the molecule is CN(C)Cc1cc(CN(C)C)c(O)c(-c2ccccc2)c1. The maximum absolute atomic E-state index is 10.6. The second kappa shape index (κ2) is 6.74. The molecule has 3 nitrogen and oxygen atoms in total. The fraction of sp³-hybridized carbons (Fsp3) is 0.333. The van der Waals surface area contributed by atoms with Crippen molar-refractivity contribution in [1.82, 2.24) is 9.80 Å². The molecule has 0 aromatic heterocycles. The molecule has 2 rings (SSSR count). The second-order valence-corrected chi connectivity index (χ2v) is 5.99. The van der Waals surface area contributed by atoms with Gasteiger partial charge in [0.25, 0.3) is 0 Å². The number of rotatable bonds is 5. The van der Waals surface area contributed by atoms with Gasteiger partial charge in [-0.25, -0.2) is 0 Å². The number of hydrogen-bond donors (Lipinski definition) is 1.